The van der Waals surface area contributed by atoms with Gasteiger partial charge in [-0.2, -0.15) is 5.10 Å². The van der Waals surface area contributed by atoms with Gasteiger partial charge in [-0.3, -0.25) is 4.68 Å². The second-order valence-corrected chi connectivity index (χ2v) is 6.90. The molecule has 19 heavy (non-hydrogen) atoms. The molecule has 0 unspecified atom stereocenters. The van der Waals surface area contributed by atoms with Gasteiger partial charge in [0.05, 0.1) is 18.0 Å². The summed E-state index contributed by atoms with van der Waals surface area (Å²) in [5.74, 6) is 0. The smallest absolute Gasteiger partial charge is 0.208 e. The largest absolute Gasteiger partial charge is 0.310 e. The van der Waals surface area contributed by atoms with Gasteiger partial charge in [-0.05, 0) is 18.9 Å². The van der Waals surface area contributed by atoms with Crippen molar-refractivity contribution in [2.24, 2.45) is 0 Å². The molecular formula is C12H22N4O2S. The lowest BCUT2D eigenvalue weighted by Crippen LogP contribution is -2.30. The van der Waals surface area contributed by atoms with Gasteiger partial charge in [-0.1, -0.05) is 12.8 Å². The average molecular weight is 286 g/mol. The number of sulfonamides is 1. The van der Waals surface area contributed by atoms with Gasteiger partial charge >= 0.3 is 0 Å². The van der Waals surface area contributed by atoms with E-state index in [0.29, 0.717) is 25.7 Å². The molecule has 1 aromatic rings. The zero-order valence-electron chi connectivity index (χ0n) is 11.3. The molecule has 2 rings (SSSR count). The zero-order valence-corrected chi connectivity index (χ0v) is 12.1. The molecule has 0 spiro atoms. The lowest BCUT2D eigenvalue weighted by molar-refractivity contribution is 0.461. The maximum atomic E-state index is 10.9. The summed E-state index contributed by atoms with van der Waals surface area (Å²) in [6.45, 7) is 1.68. The van der Waals surface area contributed by atoms with E-state index in [1.807, 2.05) is 12.3 Å². The minimum Gasteiger partial charge on any atom is -0.310 e. The van der Waals surface area contributed by atoms with E-state index >= 15 is 0 Å². The van der Waals surface area contributed by atoms with Gasteiger partial charge in [0, 0.05) is 25.8 Å². The number of nitrogens with one attached hydrogen (secondary N) is 2. The van der Waals surface area contributed by atoms with Crippen LogP contribution >= 0.6 is 0 Å². The highest BCUT2D eigenvalue weighted by molar-refractivity contribution is 7.88. The molecule has 0 bridgehead atoms. The molecule has 7 heteroatoms. The highest BCUT2D eigenvalue weighted by Gasteiger charge is 2.17. The van der Waals surface area contributed by atoms with Crippen LogP contribution in [0, 0.1) is 0 Å². The highest BCUT2D eigenvalue weighted by atomic mass is 32.2. The van der Waals surface area contributed by atoms with Gasteiger partial charge in [-0.15, -0.1) is 0 Å². The lowest BCUT2D eigenvalue weighted by atomic mass is 10.3. The molecule has 1 saturated carbocycles. The molecule has 2 N–H and O–H groups in total. The summed E-state index contributed by atoms with van der Waals surface area (Å²) in [5.41, 5.74) is 1.01. The summed E-state index contributed by atoms with van der Waals surface area (Å²) in [7, 11) is -3.09. The fourth-order valence-electron chi connectivity index (χ4n) is 2.39. The van der Waals surface area contributed by atoms with Crippen molar-refractivity contribution in [2.75, 3.05) is 19.3 Å². The van der Waals surface area contributed by atoms with Crippen LogP contribution in [0.4, 0.5) is 0 Å². The van der Waals surface area contributed by atoms with Gasteiger partial charge < -0.3 is 5.32 Å². The molecule has 0 radical (unpaired) electrons. The summed E-state index contributed by atoms with van der Waals surface area (Å²) in [4.78, 5) is 0. The SMILES string of the molecule is CS(=O)(=O)NCCNCc1ccn(C2CCCC2)n1. The van der Waals surface area contributed by atoms with E-state index < -0.39 is 10.0 Å². The second-order valence-electron chi connectivity index (χ2n) is 5.07. The number of nitrogens with zero attached hydrogens (tertiary/aromatic N) is 2. The second kappa shape index (κ2) is 6.49. The van der Waals surface area contributed by atoms with Crippen molar-refractivity contribution >= 4 is 10.0 Å². The first-order chi connectivity index (χ1) is 9.04. The Bertz CT molecular complexity index is 492. The van der Waals surface area contributed by atoms with E-state index in [1.54, 1.807) is 0 Å². The van der Waals surface area contributed by atoms with Crippen molar-refractivity contribution in [3.05, 3.63) is 18.0 Å². The Morgan fingerprint density at radius 2 is 2.11 bits per heavy atom. The van der Waals surface area contributed by atoms with Crippen LogP contribution in [0.1, 0.15) is 37.4 Å². The fourth-order valence-corrected chi connectivity index (χ4v) is 2.86. The normalized spacial score (nSPS) is 17.1. The Morgan fingerprint density at radius 3 is 2.79 bits per heavy atom. The number of hydrogen-bond donors (Lipinski definition) is 2. The quantitative estimate of drug-likeness (QED) is 0.721. The fraction of sp³-hybridized carbons (Fsp3) is 0.750. The Balaban J connectivity index is 1.69. The maximum Gasteiger partial charge on any atom is 0.208 e. The molecule has 1 aliphatic rings. The van der Waals surface area contributed by atoms with E-state index in [9.17, 15) is 8.42 Å². The van der Waals surface area contributed by atoms with Crippen LogP contribution in [0.5, 0.6) is 0 Å². The third-order valence-corrected chi connectivity index (χ3v) is 4.06. The predicted molar refractivity (Wildman–Crippen MR) is 74.3 cm³/mol. The summed E-state index contributed by atoms with van der Waals surface area (Å²) in [6, 6.07) is 2.59. The van der Waals surface area contributed by atoms with E-state index in [0.717, 1.165) is 11.9 Å². The Kier molecular flexibility index (Phi) is 4.95. The van der Waals surface area contributed by atoms with Gasteiger partial charge in [-0.25, -0.2) is 13.1 Å². The minimum atomic E-state index is -3.09. The topological polar surface area (TPSA) is 76.0 Å². The molecule has 6 nitrogen and oxygen atoms in total. The molecule has 0 aliphatic heterocycles. The van der Waals surface area contributed by atoms with Crippen LogP contribution in [-0.4, -0.2) is 37.5 Å². The van der Waals surface area contributed by atoms with Crippen LogP contribution in [-0.2, 0) is 16.6 Å². The third-order valence-electron chi connectivity index (χ3n) is 3.33. The predicted octanol–water partition coefficient (Wildman–Crippen LogP) is 0.637. The van der Waals surface area contributed by atoms with Crippen molar-refractivity contribution in [3.8, 4) is 0 Å². The lowest BCUT2D eigenvalue weighted by Gasteiger charge is -2.09. The molecule has 1 heterocycles. The first-order valence-corrected chi connectivity index (χ1v) is 8.63. The van der Waals surface area contributed by atoms with E-state index in [4.69, 9.17) is 0 Å². The Morgan fingerprint density at radius 1 is 1.37 bits per heavy atom. The molecule has 0 aromatic carbocycles. The Labute approximate surface area is 114 Å². The number of rotatable bonds is 7. The first-order valence-electron chi connectivity index (χ1n) is 6.74. The monoisotopic (exact) mass is 286 g/mol. The van der Waals surface area contributed by atoms with Crippen LogP contribution in [0.2, 0.25) is 0 Å². The van der Waals surface area contributed by atoms with E-state index in [2.05, 4.69) is 19.8 Å². The van der Waals surface area contributed by atoms with Crippen molar-refractivity contribution < 1.29 is 8.42 Å². The molecule has 0 amide bonds. The first kappa shape index (κ1) is 14.5. The van der Waals surface area contributed by atoms with Crippen LogP contribution < -0.4 is 10.0 Å². The molecule has 1 aromatic heterocycles. The van der Waals surface area contributed by atoms with Crippen molar-refractivity contribution in [3.63, 3.8) is 0 Å². The summed E-state index contributed by atoms with van der Waals surface area (Å²) in [6.07, 6.45) is 8.27. The summed E-state index contributed by atoms with van der Waals surface area (Å²) < 4.78 is 26.2. The molecule has 0 atom stereocenters. The molecular weight excluding hydrogens is 264 g/mol. The maximum absolute atomic E-state index is 10.9. The standard InChI is InChI=1S/C12H22N4O2S/c1-19(17,18)14-8-7-13-10-11-6-9-16(15-11)12-4-2-3-5-12/h6,9,12-14H,2-5,7-8,10H2,1H3. The summed E-state index contributed by atoms with van der Waals surface area (Å²) in [5, 5.41) is 7.73. The average Bonchev–Trinajstić information content (AvgIpc) is 2.97. The third kappa shape index (κ3) is 4.93. The Hall–Kier alpha value is -0.920. The highest BCUT2D eigenvalue weighted by Crippen LogP contribution is 2.28. The van der Waals surface area contributed by atoms with Gasteiger partial charge in [0.1, 0.15) is 0 Å². The van der Waals surface area contributed by atoms with Crippen molar-refractivity contribution in [2.45, 2.75) is 38.3 Å². The zero-order chi connectivity index (χ0) is 13.7. The number of hydrogen-bond acceptors (Lipinski definition) is 4. The van der Waals surface area contributed by atoms with E-state index in [-0.39, 0.29) is 0 Å². The van der Waals surface area contributed by atoms with Gasteiger partial charge in [0.2, 0.25) is 10.0 Å². The molecule has 0 saturated heterocycles. The minimum absolute atomic E-state index is 0.405. The molecule has 1 aliphatic carbocycles. The van der Waals surface area contributed by atoms with Crippen LogP contribution in [0.3, 0.4) is 0 Å². The van der Waals surface area contributed by atoms with Gasteiger partial charge in [0.15, 0.2) is 0 Å². The summed E-state index contributed by atoms with van der Waals surface area (Å²) >= 11 is 0. The van der Waals surface area contributed by atoms with Crippen LogP contribution in [0.15, 0.2) is 12.3 Å². The molecule has 108 valence electrons. The number of aromatic nitrogens is 2. The van der Waals surface area contributed by atoms with Crippen molar-refractivity contribution in [1.29, 1.82) is 0 Å². The van der Waals surface area contributed by atoms with E-state index in [1.165, 1.54) is 25.7 Å². The van der Waals surface area contributed by atoms with Gasteiger partial charge in [0.25, 0.3) is 0 Å². The van der Waals surface area contributed by atoms with Crippen LogP contribution in [0.25, 0.3) is 0 Å². The van der Waals surface area contributed by atoms with Crippen molar-refractivity contribution in [1.82, 2.24) is 19.8 Å². The molecule has 1 fully saturated rings.